The number of nitrogens with one attached hydrogen (secondary N) is 1. The second kappa shape index (κ2) is 7.38. The Bertz CT molecular complexity index is 449. The van der Waals surface area contributed by atoms with Crippen molar-refractivity contribution in [1.29, 1.82) is 0 Å². The van der Waals surface area contributed by atoms with Crippen LogP contribution in [-0.4, -0.2) is 44.0 Å². The van der Waals surface area contributed by atoms with E-state index in [2.05, 4.69) is 5.32 Å². The molecule has 0 saturated heterocycles. The van der Waals surface area contributed by atoms with Crippen LogP contribution in [0.1, 0.15) is 5.56 Å². The van der Waals surface area contributed by atoms with E-state index in [9.17, 15) is 9.59 Å². The van der Waals surface area contributed by atoms with E-state index in [1.165, 1.54) is 4.90 Å². The van der Waals surface area contributed by atoms with Crippen LogP contribution in [0.5, 0.6) is 5.75 Å². The normalized spacial score (nSPS) is 9.84. The molecule has 6 nitrogen and oxygen atoms in total. The Labute approximate surface area is 112 Å². The molecule has 0 aromatic heterocycles. The number of hydrogen-bond donors (Lipinski definition) is 2. The van der Waals surface area contributed by atoms with Gasteiger partial charge in [-0.05, 0) is 17.7 Å². The first-order valence-corrected chi connectivity index (χ1v) is 5.90. The number of likely N-dealkylation sites (N-methyl/N-ethyl adjacent to an activating group) is 1. The molecular weight excluding hydrogens is 246 g/mol. The van der Waals surface area contributed by atoms with Crippen molar-refractivity contribution in [2.24, 2.45) is 5.73 Å². The van der Waals surface area contributed by atoms with Crippen molar-refractivity contribution in [3.8, 4) is 5.75 Å². The summed E-state index contributed by atoms with van der Waals surface area (Å²) in [5.74, 6) is 0.225. The lowest BCUT2D eigenvalue weighted by Gasteiger charge is -2.17. The molecule has 0 saturated carbocycles. The Hall–Kier alpha value is -2.08. The molecule has 0 atom stereocenters. The Morgan fingerprint density at radius 3 is 2.79 bits per heavy atom. The maximum atomic E-state index is 11.8. The Morgan fingerprint density at radius 2 is 2.16 bits per heavy atom. The third kappa shape index (κ3) is 4.97. The molecule has 1 rings (SSSR count). The Morgan fingerprint density at radius 1 is 1.42 bits per heavy atom. The van der Waals surface area contributed by atoms with Gasteiger partial charge in [0.25, 0.3) is 0 Å². The third-order valence-corrected chi connectivity index (χ3v) is 2.60. The molecule has 2 amide bonds. The van der Waals surface area contributed by atoms with Crippen molar-refractivity contribution < 1.29 is 14.3 Å². The molecule has 19 heavy (non-hydrogen) atoms. The van der Waals surface area contributed by atoms with Crippen LogP contribution in [0.25, 0.3) is 0 Å². The first-order valence-electron chi connectivity index (χ1n) is 5.90. The minimum Gasteiger partial charge on any atom is -0.497 e. The number of nitrogens with zero attached hydrogens (tertiary/aromatic N) is 1. The summed E-state index contributed by atoms with van der Waals surface area (Å²) in [5, 5.41) is 2.44. The number of hydrogen-bond acceptors (Lipinski definition) is 4. The lowest BCUT2D eigenvalue weighted by molar-refractivity contribution is -0.131. The molecule has 0 spiro atoms. The van der Waals surface area contributed by atoms with E-state index < -0.39 is 0 Å². The van der Waals surface area contributed by atoms with Crippen LogP contribution in [0.3, 0.4) is 0 Å². The topological polar surface area (TPSA) is 84.7 Å². The molecule has 6 heteroatoms. The lowest BCUT2D eigenvalue weighted by atomic mass is 10.2. The zero-order chi connectivity index (χ0) is 14.3. The van der Waals surface area contributed by atoms with Gasteiger partial charge in [-0.15, -0.1) is 0 Å². The minimum absolute atomic E-state index is 0.0451. The van der Waals surface area contributed by atoms with E-state index in [1.54, 1.807) is 14.2 Å². The highest BCUT2D eigenvalue weighted by Gasteiger charge is 2.10. The fraction of sp³-hybridized carbons (Fsp3) is 0.385. The quantitative estimate of drug-likeness (QED) is 0.741. The maximum absolute atomic E-state index is 11.8. The molecule has 0 bridgehead atoms. The number of carbonyl (C=O) groups is 2. The van der Waals surface area contributed by atoms with Crippen molar-refractivity contribution in [3.63, 3.8) is 0 Å². The number of ether oxygens (including phenoxy) is 1. The van der Waals surface area contributed by atoms with Crippen LogP contribution in [0.4, 0.5) is 0 Å². The predicted octanol–water partition coefficient (Wildman–Crippen LogP) is -0.271. The molecule has 3 N–H and O–H groups in total. The monoisotopic (exact) mass is 265 g/mol. The fourth-order valence-electron chi connectivity index (χ4n) is 1.51. The van der Waals surface area contributed by atoms with Gasteiger partial charge in [-0.3, -0.25) is 9.59 Å². The van der Waals surface area contributed by atoms with Gasteiger partial charge in [-0.25, -0.2) is 0 Å². The standard InChI is InChI=1S/C13H19N3O3/c1-16(13(18)8-15-12(17)7-14)9-10-4-3-5-11(6-10)19-2/h3-6H,7-9,14H2,1-2H3,(H,15,17). The zero-order valence-corrected chi connectivity index (χ0v) is 11.2. The second-order valence-electron chi connectivity index (χ2n) is 4.08. The SMILES string of the molecule is COc1cccc(CN(C)C(=O)CNC(=O)CN)c1. The number of rotatable bonds is 6. The van der Waals surface area contributed by atoms with Gasteiger partial charge in [-0.1, -0.05) is 12.1 Å². The van der Waals surface area contributed by atoms with Crippen LogP contribution >= 0.6 is 0 Å². The summed E-state index contributed by atoms with van der Waals surface area (Å²) in [4.78, 5) is 24.3. The number of nitrogens with two attached hydrogens (primary N) is 1. The van der Waals surface area contributed by atoms with Gasteiger partial charge < -0.3 is 20.7 Å². The van der Waals surface area contributed by atoms with E-state index in [-0.39, 0.29) is 24.9 Å². The van der Waals surface area contributed by atoms with Crippen LogP contribution in [0, 0.1) is 0 Å². The van der Waals surface area contributed by atoms with Gasteiger partial charge in [0.2, 0.25) is 11.8 Å². The molecule has 0 aliphatic heterocycles. The molecule has 0 aliphatic rings. The summed E-state index contributed by atoms with van der Waals surface area (Å²) in [5.41, 5.74) is 6.10. The Kier molecular flexibility index (Phi) is 5.81. The predicted molar refractivity (Wildman–Crippen MR) is 71.5 cm³/mol. The van der Waals surface area contributed by atoms with Gasteiger partial charge in [0, 0.05) is 13.6 Å². The average molecular weight is 265 g/mol. The Balaban J connectivity index is 2.51. The van der Waals surface area contributed by atoms with E-state index in [1.807, 2.05) is 24.3 Å². The summed E-state index contributed by atoms with van der Waals surface area (Å²) >= 11 is 0. The molecule has 104 valence electrons. The van der Waals surface area contributed by atoms with Gasteiger partial charge in [0.05, 0.1) is 20.2 Å². The summed E-state index contributed by atoms with van der Waals surface area (Å²) in [7, 11) is 3.27. The molecule has 0 fully saturated rings. The highest BCUT2D eigenvalue weighted by Crippen LogP contribution is 2.13. The van der Waals surface area contributed by atoms with Crippen LogP contribution in [-0.2, 0) is 16.1 Å². The van der Waals surface area contributed by atoms with E-state index >= 15 is 0 Å². The summed E-state index contributed by atoms with van der Waals surface area (Å²) in [6.45, 7) is 0.290. The van der Waals surface area contributed by atoms with Crippen molar-refractivity contribution >= 4 is 11.8 Å². The molecule has 0 heterocycles. The van der Waals surface area contributed by atoms with Gasteiger partial charge in [0.15, 0.2) is 0 Å². The summed E-state index contributed by atoms with van der Waals surface area (Å²) in [6, 6.07) is 7.47. The molecule has 1 aromatic rings. The smallest absolute Gasteiger partial charge is 0.242 e. The lowest BCUT2D eigenvalue weighted by Crippen LogP contribution is -2.40. The molecule has 0 unspecified atom stereocenters. The molecule has 1 aromatic carbocycles. The number of benzene rings is 1. The summed E-state index contributed by atoms with van der Waals surface area (Å²) in [6.07, 6.45) is 0. The fourth-order valence-corrected chi connectivity index (χ4v) is 1.51. The highest BCUT2D eigenvalue weighted by atomic mass is 16.5. The second-order valence-corrected chi connectivity index (χ2v) is 4.08. The maximum Gasteiger partial charge on any atom is 0.242 e. The van der Waals surface area contributed by atoms with Crippen LogP contribution in [0.2, 0.25) is 0 Å². The third-order valence-electron chi connectivity index (χ3n) is 2.60. The van der Waals surface area contributed by atoms with E-state index in [0.717, 1.165) is 11.3 Å². The van der Waals surface area contributed by atoms with Crippen molar-refractivity contribution in [1.82, 2.24) is 10.2 Å². The number of methoxy groups -OCH3 is 1. The van der Waals surface area contributed by atoms with E-state index in [4.69, 9.17) is 10.5 Å². The average Bonchev–Trinajstić information content (AvgIpc) is 2.44. The largest absolute Gasteiger partial charge is 0.497 e. The van der Waals surface area contributed by atoms with Gasteiger partial charge in [-0.2, -0.15) is 0 Å². The minimum atomic E-state index is -0.344. The highest BCUT2D eigenvalue weighted by molar-refractivity contribution is 5.85. The van der Waals surface area contributed by atoms with Crippen LogP contribution in [0.15, 0.2) is 24.3 Å². The van der Waals surface area contributed by atoms with Crippen molar-refractivity contribution in [2.75, 3.05) is 27.2 Å². The van der Waals surface area contributed by atoms with Crippen molar-refractivity contribution in [2.45, 2.75) is 6.54 Å². The number of carbonyl (C=O) groups excluding carboxylic acids is 2. The van der Waals surface area contributed by atoms with Crippen LogP contribution < -0.4 is 15.8 Å². The summed E-state index contributed by atoms with van der Waals surface area (Å²) < 4.78 is 5.12. The van der Waals surface area contributed by atoms with E-state index in [0.29, 0.717) is 6.54 Å². The van der Waals surface area contributed by atoms with Crippen molar-refractivity contribution in [3.05, 3.63) is 29.8 Å². The molecule has 0 radical (unpaired) electrons. The van der Waals surface area contributed by atoms with Gasteiger partial charge in [0.1, 0.15) is 5.75 Å². The molecular formula is C13H19N3O3. The first kappa shape index (κ1) is 15.0. The van der Waals surface area contributed by atoms with Gasteiger partial charge >= 0.3 is 0 Å². The number of amides is 2. The molecule has 0 aliphatic carbocycles. The first-order chi connectivity index (χ1) is 9.06. The zero-order valence-electron chi connectivity index (χ0n) is 11.2.